The van der Waals surface area contributed by atoms with Gasteiger partial charge in [0, 0.05) is 18.7 Å². The van der Waals surface area contributed by atoms with Gasteiger partial charge in [0.05, 0.1) is 4.90 Å². The first kappa shape index (κ1) is 17.2. The Hall–Kier alpha value is -2.18. The topological polar surface area (TPSA) is 75.3 Å². The maximum absolute atomic E-state index is 12.1. The van der Waals surface area contributed by atoms with Crippen LogP contribution < -0.4 is 10.0 Å². The van der Waals surface area contributed by atoms with E-state index in [0.717, 1.165) is 11.1 Å². The molecule has 0 atom stereocenters. The van der Waals surface area contributed by atoms with Crippen molar-refractivity contribution in [3.63, 3.8) is 0 Å². The Bertz CT molecular complexity index is 784. The summed E-state index contributed by atoms with van der Waals surface area (Å²) in [6.07, 6.45) is 0. The Morgan fingerprint density at radius 3 is 2.30 bits per heavy atom. The third-order valence-corrected chi connectivity index (χ3v) is 4.79. The zero-order chi connectivity index (χ0) is 16.9. The summed E-state index contributed by atoms with van der Waals surface area (Å²) in [5.74, 6) is -0.219. The number of hydrogen-bond acceptors (Lipinski definition) is 3. The van der Waals surface area contributed by atoms with Gasteiger partial charge in [-0.1, -0.05) is 35.4 Å². The average molecular weight is 332 g/mol. The average Bonchev–Trinajstić information content (AvgIpc) is 2.52. The van der Waals surface area contributed by atoms with Crippen molar-refractivity contribution in [2.45, 2.75) is 18.7 Å². The minimum absolute atomic E-state index is 0.133. The first-order valence-electron chi connectivity index (χ1n) is 7.30. The second kappa shape index (κ2) is 7.39. The highest BCUT2D eigenvalue weighted by molar-refractivity contribution is 7.89. The standard InChI is InChI=1S/C17H20N2O3S/c1-13-6-8-16(9-7-13)23(21,22)19-11-10-18-17(20)15-5-3-4-14(2)12-15/h3-9,12,19H,10-11H2,1-2H3,(H,18,20). The lowest BCUT2D eigenvalue weighted by Crippen LogP contribution is -2.34. The van der Waals surface area contributed by atoms with Crippen molar-refractivity contribution in [3.8, 4) is 0 Å². The summed E-state index contributed by atoms with van der Waals surface area (Å²) < 4.78 is 26.6. The van der Waals surface area contributed by atoms with Gasteiger partial charge < -0.3 is 5.32 Å². The van der Waals surface area contributed by atoms with Crippen molar-refractivity contribution in [2.24, 2.45) is 0 Å². The number of rotatable bonds is 6. The summed E-state index contributed by atoms with van der Waals surface area (Å²) in [7, 11) is -3.55. The zero-order valence-corrected chi connectivity index (χ0v) is 14.0. The third-order valence-electron chi connectivity index (χ3n) is 3.31. The maximum Gasteiger partial charge on any atom is 0.251 e. The first-order chi connectivity index (χ1) is 10.9. The molecule has 0 spiro atoms. The van der Waals surface area contributed by atoms with E-state index in [0.29, 0.717) is 5.56 Å². The van der Waals surface area contributed by atoms with Gasteiger partial charge in [-0.05, 0) is 38.1 Å². The fraction of sp³-hybridized carbons (Fsp3) is 0.235. The van der Waals surface area contributed by atoms with Crippen LogP contribution in [0.5, 0.6) is 0 Å². The van der Waals surface area contributed by atoms with E-state index in [1.165, 1.54) is 0 Å². The predicted molar refractivity (Wildman–Crippen MR) is 89.9 cm³/mol. The maximum atomic E-state index is 12.1. The second-order valence-electron chi connectivity index (χ2n) is 5.34. The summed E-state index contributed by atoms with van der Waals surface area (Å²) in [4.78, 5) is 12.2. The van der Waals surface area contributed by atoms with E-state index in [1.54, 1.807) is 36.4 Å². The van der Waals surface area contributed by atoms with Crippen molar-refractivity contribution < 1.29 is 13.2 Å². The molecule has 2 N–H and O–H groups in total. The molecule has 0 bridgehead atoms. The Kier molecular flexibility index (Phi) is 5.52. The fourth-order valence-electron chi connectivity index (χ4n) is 2.05. The molecule has 0 radical (unpaired) electrons. The fourth-order valence-corrected chi connectivity index (χ4v) is 3.08. The number of carbonyl (C=O) groups excluding carboxylic acids is 1. The number of nitrogens with one attached hydrogen (secondary N) is 2. The monoisotopic (exact) mass is 332 g/mol. The summed E-state index contributed by atoms with van der Waals surface area (Å²) in [5.41, 5.74) is 2.55. The van der Waals surface area contributed by atoms with Gasteiger partial charge in [0.25, 0.3) is 5.91 Å². The highest BCUT2D eigenvalue weighted by Gasteiger charge is 2.13. The Balaban J connectivity index is 1.85. The third kappa shape index (κ3) is 4.91. The molecule has 0 aliphatic heterocycles. The lowest BCUT2D eigenvalue weighted by molar-refractivity contribution is 0.0954. The van der Waals surface area contributed by atoms with Crippen molar-refractivity contribution in [1.82, 2.24) is 10.0 Å². The highest BCUT2D eigenvalue weighted by Crippen LogP contribution is 2.09. The number of benzene rings is 2. The van der Waals surface area contributed by atoms with Crippen LogP contribution in [0, 0.1) is 13.8 Å². The molecule has 2 rings (SSSR count). The Morgan fingerprint density at radius 2 is 1.65 bits per heavy atom. The smallest absolute Gasteiger partial charge is 0.251 e. The summed E-state index contributed by atoms with van der Waals surface area (Å²) in [5, 5.41) is 2.69. The molecule has 0 saturated heterocycles. The van der Waals surface area contributed by atoms with Crippen LogP contribution in [0.3, 0.4) is 0 Å². The van der Waals surface area contributed by atoms with Crippen LogP contribution in [0.2, 0.25) is 0 Å². The molecule has 0 aliphatic carbocycles. The Labute approximate surface area is 136 Å². The molecular weight excluding hydrogens is 312 g/mol. The molecule has 0 aliphatic rings. The molecule has 2 aromatic carbocycles. The van der Waals surface area contributed by atoms with Gasteiger partial charge in [-0.3, -0.25) is 4.79 Å². The van der Waals surface area contributed by atoms with E-state index in [1.807, 2.05) is 26.0 Å². The highest BCUT2D eigenvalue weighted by atomic mass is 32.2. The van der Waals surface area contributed by atoms with Crippen molar-refractivity contribution in [1.29, 1.82) is 0 Å². The van der Waals surface area contributed by atoms with Crippen molar-refractivity contribution >= 4 is 15.9 Å². The minimum atomic E-state index is -3.55. The van der Waals surface area contributed by atoms with Crippen LogP contribution in [0.4, 0.5) is 0 Å². The lowest BCUT2D eigenvalue weighted by Gasteiger charge is -2.08. The molecule has 2 aromatic rings. The van der Waals surface area contributed by atoms with Gasteiger partial charge in [0.1, 0.15) is 0 Å². The van der Waals surface area contributed by atoms with Gasteiger partial charge >= 0.3 is 0 Å². The van der Waals surface area contributed by atoms with Crippen molar-refractivity contribution in [2.75, 3.05) is 13.1 Å². The molecular formula is C17H20N2O3S. The van der Waals surface area contributed by atoms with Gasteiger partial charge in [0.15, 0.2) is 0 Å². The number of carbonyl (C=O) groups is 1. The molecule has 0 unspecified atom stereocenters. The largest absolute Gasteiger partial charge is 0.351 e. The van der Waals surface area contributed by atoms with E-state index in [9.17, 15) is 13.2 Å². The van der Waals surface area contributed by atoms with E-state index in [4.69, 9.17) is 0 Å². The number of hydrogen-bond donors (Lipinski definition) is 2. The molecule has 1 amide bonds. The SMILES string of the molecule is Cc1ccc(S(=O)(=O)NCCNC(=O)c2cccc(C)c2)cc1. The van der Waals surface area contributed by atoms with Crippen LogP contribution in [0.25, 0.3) is 0 Å². The normalized spacial score (nSPS) is 11.2. The predicted octanol–water partition coefficient (Wildman–Crippen LogP) is 2.01. The first-order valence-corrected chi connectivity index (χ1v) is 8.78. The Morgan fingerprint density at radius 1 is 0.957 bits per heavy atom. The van der Waals surface area contributed by atoms with E-state index in [-0.39, 0.29) is 23.9 Å². The molecule has 0 fully saturated rings. The van der Waals surface area contributed by atoms with Gasteiger partial charge in [0.2, 0.25) is 10.0 Å². The summed E-state index contributed by atoms with van der Waals surface area (Å²) in [6.45, 7) is 4.16. The molecule has 122 valence electrons. The van der Waals surface area contributed by atoms with Crippen LogP contribution >= 0.6 is 0 Å². The summed E-state index contributed by atoms with van der Waals surface area (Å²) in [6, 6.07) is 13.8. The van der Waals surface area contributed by atoms with Gasteiger partial charge in [-0.15, -0.1) is 0 Å². The molecule has 6 heteroatoms. The lowest BCUT2D eigenvalue weighted by atomic mass is 10.1. The van der Waals surface area contributed by atoms with Crippen LogP contribution in [0.15, 0.2) is 53.4 Å². The van der Waals surface area contributed by atoms with E-state index >= 15 is 0 Å². The van der Waals surface area contributed by atoms with Gasteiger partial charge in [-0.25, -0.2) is 13.1 Å². The van der Waals surface area contributed by atoms with Crippen LogP contribution in [-0.2, 0) is 10.0 Å². The number of amides is 1. The number of aryl methyl sites for hydroxylation is 2. The molecule has 0 saturated carbocycles. The van der Waals surface area contributed by atoms with Crippen LogP contribution in [0.1, 0.15) is 21.5 Å². The molecule has 0 aromatic heterocycles. The molecule has 23 heavy (non-hydrogen) atoms. The molecule has 0 heterocycles. The quantitative estimate of drug-likeness (QED) is 0.795. The number of sulfonamides is 1. The second-order valence-corrected chi connectivity index (χ2v) is 7.10. The van der Waals surface area contributed by atoms with Gasteiger partial charge in [-0.2, -0.15) is 0 Å². The minimum Gasteiger partial charge on any atom is -0.351 e. The van der Waals surface area contributed by atoms with E-state index < -0.39 is 10.0 Å². The van der Waals surface area contributed by atoms with Crippen molar-refractivity contribution in [3.05, 3.63) is 65.2 Å². The summed E-state index contributed by atoms with van der Waals surface area (Å²) >= 11 is 0. The van der Waals surface area contributed by atoms with E-state index in [2.05, 4.69) is 10.0 Å². The molecule has 5 nitrogen and oxygen atoms in total. The van der Waals surface area contributed by atoms with Crippen LogP contribution in [-0.4, -0.2) is 27.4 Å². The zero-order valence-electron chi connectivity index (χ0n) is 13.2.